The maximum atomic E-state index is 12.9. The van der Waals surface area contributed by atoms with Gasteiger partial charge in [-0.3, -0.25) is 14.6 Å². The van der Waals surface area contributed by atoms with E-state index in [1.54, 1.807) is 12.3 Å². The van der Waals surface area contributed by atoms with Crippen molar-refractivity contribution in [3.05, 3.63) is 65.5 Å². The zero-order valence-corrected chi connectivity index (χ0v) is 16.4. The van der Waals surface area contributed by atoms with Crippen molar-refractivity contribution in [3.8, 4) is 0 Å². The minimum Gasteiger partial charge on any atom is -0.339 e. The Bertz CT molecular complexity index is 857. The number of likely N-dealkylation sites (tertiary alicyclic amines) is 2. The quantitative estimate of drug-likeness (QED) is 0.821. The molecule has 2 aromatic rings. The van der Waals surface area contributed by atoms with E-state index < -0.39 is 0 Å². The van der Waals surface area contributed by atoms with Crippen LogP contribution in [0.1, 0.15) is 47.8 Å². The smallest absolute Gasteiger partial charge is 0.253 e. The zero-order chi connectivity index (χ0) is 19.6. The van der Waals surface area contributed by atoms with E-state index in [-0.39, 0.29) is 17.2 Å². The number of benzene rings is 1. The highest BCUT2D eigenvalue weighted by molar-refractivity contribution is 5.94. The summed E-state index contributed by atoms with van der Waals surface area (Å²) in [4.78, 5) is 33.7. The fourth-order valence-electron chi connectivity index (χ4n) is 4.44. The van der Waals surface area contributed by atoms with E-state index in [0.717, 1.165) is 50.2 Å². The third-order valence-electron chi connectivity index (χ3n) is 6.16. The molecule has 2 fully saturated rings. The summed E-state index contributed by atoms with van der Waals surface area (Å²) in [5, 5.41) is 0. The van der Waals surface area contributed by atoms with Crippen LogP contribution in [-0.2, 0) is 17.8 Å². The molecule has 1 aromatic carbocycles. The second-order valence-corrected chi connectivity index (χ2v) is 8.09. The van der Waals surface area contributed by atoms with Gasteiger partial charge in [-0.2, -0.15) is 0 Å². The summed E-state index contributed by atoms with van der Waals surface area (Å²) in [6, 6.07) is 13.9. The SMILES string of the molecule is CCc1cc(C(=O)N2CCC3(CC2)CC(=O)N(Cc2ccccc2)C3)ccn1. The Balaban J connectivity index is 1.38. The Labute approximate surface area is 166 Å². The molecule has 0 unspecified atom stereocenters. The number of hydrogen-bond donors (Lipinski definition) is 0. The van der Waals surface area contributed by atoms with Gasteiger partial charge < -0.3 is 9.80 Å². The molecule has 0 N–H and O–H groups in total. The lowest BCUT2D eigenvalue weighted by atomic mass is 9.77. The van der Waals surface area contributed by atoms with Crippen LogP contribution in [0.3, 0.4) is 0 Å². The van der Waals surface area contributed by atoms with Crippen molar-refractivity contribution in [3.63, 3.8) is 0 Å². The van der Waals surface area contributed by atoms with Crippen LogP contribution in [0.25, 0.3) is 0 Å². The Morgan fingerprint density at radius 1 is 1.14 bits per heavy atom. The van der Waals surface area contributed by atoms with Crippen LogP contribution in [-0.4, -0.2) is 46.2 Å². The molecule has 28 heavy (non-hydrogen) atoms. The Morgan fingerprint density at radius 2 is 1.89 bits per heavy atom. The normalized spacial score (nSPS) is 18.7. The van der Waals surface area contributed by atoms with Gasteiger partial charge in [-0.25, -0.2) is 0 Å². The fourth-order valence-corrected chi connectivity index (χ4v) is 4.44. The molecule has 0 bridgehead atoms. The van der Waals surface area contributed by atoms with Crippen LogP contribution in [0, 0.1) is 5.41 Å². The minimum absolute atomic E-state index is 0.0233. The van der Waals surface area contributed by atoms with Gasteiger partial charge in [0.05, 0.1) is 0 Å². The van der Waals surface area contributed by atoms with E-state index >= 15 is 0 Å². The summed E-state index contributed by atoms with van der Waals surface area (Å²) in [6.45, 7) is 4.96. The van der Waals surface area contributed by atoms with Crippen LogP contribution >= 0.6 is 0 Å². The predicted octanol–water partition coefficient (Wildman–Crippen LogP) is 3.30. The van der Waals surface area contributed by atoms with Gasteiger partial charge in [-0.05, 0) is 37.0 Å². The number of rotatable bonds is 4. The lowest BCUT2D eigenvalue weighted by Crippen LogP contribution is -2.44. The molecular weight excluding hydrogens is 350 g/mol. The highest BCUT2D eigenvalue weighted by Crippen LogP contribution is 2.41. The van der Waals surface area contributed by atoms with Gasteiger partial charge in [0.2, 0.25) is 5.91 Å². The van der Waals surface area contributed by atoms with Gasteiger partial charge in [-0.15, -0.1) is 0 Å². The van der Waals surface area contributed by atoms with E-state index in [0.29, 0.717) is 13.0 Å². The number of nitrogens with zero attached hydrogens (tertiary/aromatic N) is 3. The summed E-state index contributed by atoms with van der Waals surface area (Å²) in [6.07, 6.45) is 4.93. The number of piperidine rings is 1. The number of pyridine rings is 1. The molecule has 2 aliphatic rings. The Kier molecular flexibility index (Phi) is 5.16. The van der Waals surface area contributed by atoms with Crippen molar-refractivity contribution >= 4 is 11.8 Å². The summed E-state index contributed by atoms with van der Waals surface area (Å²) in [7, 11) is 0. The van der Waals surface area contributed by atoms with Crippen molar-refractivity contribution in [2.45, 2.75) is 39.2 Å². The number of aromatic nitrogens is 1. The average Bonchev–Trinajstić information content (AvgIpc) is 3.03. The average molecular weight is 377 g/mol. The molecule has 0 radical (unpaired) electrons. The van der Waals surface area contributed by atoms with Crippen LogP contribution in [0.2, 0.25) is 0 Å². The Morgan fingerprint density at radius 3 is 2.61 bits per heavy atom. The van der Waals surface area contributed by atoms with Gasteiger partial charge in [0.25, 0.3) is 5.91 Å². The second-order valence-electron chi connectivity index (χ2n) is 8.09. The minimum atomic E-state index is 0.0233. The van der Waals surface area contributed by atoms with E-state index in [1.807, 2.05) is 41.0 Å². The summed E-state index contributed by atoms with van der Waals surface area (Å²) < 4.78 is 0. The molecular formula is C23H27N3O2. The highest BCUT2D eigenvalue weighted by Gasteiger charge is 2.45. The van der Waals surface area contributed by atoms with E-state index in [1.165, 1.54) is 5.56 Å². The maximum Gasteiger partial charge on any atom is 0.253 e. The molecule has 4 rings (SSSR count). The number of hydrogen-bond acceptors (Lipinski definition) is 3. The van der Waals surface area contributed by atoms with Crippen molar-refractivity contribution < 1.29 is 9.59 Å². The van der Waals surface area contributed by atoms with Crippen molar-refractivity contribution in [2.24, 2.45) is 5.41 Å². The summed E-state index contributed by atoms with van der Waals surface area (Å²) >= 11 is 0. The first-order valence-corrected chi connectivity index (χ1v) is 10.1. The second kappa shape index (κ2) is 7.74. The van der Waals surface area contributed by atoms with Crippen molar-refractivity contribution in [1.29, 1.82) is 0 Å². The van der Waals surface area contributed by atoms with Gasteiger partial charge in [-0.1, -0.05) is 37.3 Å². The fraction of sp³-hybridized carbons (Fsp3) is 0.435. The number of carbonyl (C=O) groups is 2. The lowest BCUT2D eigenvalue weighted by molar-refractivity contribution is -0.128. The molecule has 0 saturated carbocycles. The van der Waals surface area contributed by atoms with Crippen molar-refractivity contribution in [2.75, 3.05) is 19.6 Å². The summed E-state index contributed by atoms with van der Waals surface area (Å²) in [5.41, 5.74) is 2.85. The van der Waals surface area contributed by atoms with Crippen LogP contribution in [0.15, 0.2) is 48.7 Å². The van der Waals surface area contributed by atoms with Gasteiger partial charge in [0, 0.05) is 55.5 Å². The van der Waals surface area contributed by atoms with Crippen LogP contribution < -0.4 is 0 Å². The van der Waals surface area contributed by atoms with Crippen molar-refractivity contribution in [1.82, 2.24) is 14.8 Å². The topological polar surface area (TPSA) is 53.5 Å². The molecule has 1 spiro atoms. The number of aryl methyl sites for hydroxylation is 1. The first-order chi connectivity index (χ1) is 13.6. The number of carbonyl (C=O) groups excluding carboxylic acids is 2. The first kappa shape index (κ1) is 18.7. The molecule has 146 valence electrons. The van der Waals surface area contributed by atoms with E-state index in [9.17, 15) is 9.59 Å². The van der Waals surface area contributed by atoms with Crippen LogP contribution in [0.4, 0.5) is 0 Å². The molecule has 2 aliphatic heterocycles. The summed E-state index contributed by atoms with van der Waals surface area (Å²) in [5.74, 6) is 0.322. The molecule has 0 atom stereocenters. The molecule has 5 heteroatoms. The van der Waals surface area contributed by atoms with E-state index in [2.05, 4.69) is 17.1 Å². The van der Waals surface area contributed by atoms with Gasteiger partial charge in [0.15, 0.2) is 0 Å². The van der Waals surface area contributed by atoms with Crippen LogP contribution in [0.5, 0.6) is 0 Å². The third-order valence-corrected chi connectivity index (χ3v) is 6.16. The molecule has 3 heterocycles. The van der Waals surface area contributed by atoms with E-state index in [4.69, 9.17) is 0 Å². The maximum absolute atomic E-state index is 12.9. The van der Waals surface area contributed by atoms with Gasteiger partial charge >= 0.3 is 0 Å². The largest absolute Gasteiger partial charge is 0.339 e. The first-order valence-electron chi connectivity index (χ1n) is 10.1. The zero-order valence-electron chi connectivity index (χ0n) is 16.4. The highest BCUT2D eigenvalue weighted by atomic mass is 16.2. The van der Waals surface area contributed by atoms with Gasteiger partial charge in [0.1, 0.15) is 0 Å². The predicted molar refractivity (Wildman–Crippen MR) is 108 cm³/mol. The number of amides is 2. The molecule has 2 saturated heterocycles. The Hall–Kier alpha value is -2.69. The lowest BCUT2D eigenvalue weighted by Gasteiger charge is -2.38. The molecule has 0 aliphatic carbocycles. The standard InChI is InChI=1S/C23H27N3O2/c1-2-20-14-19(8-11-24-20)22(28)25-12-9-23(10-13-25)15-21(27)26(17-23)16-18-6-4-3-5-7-18/h3-8,11,14H,2,9-10,12-13,15-17H2,1H3. The monoisotopic (exact) mass is 377 g/mol. The molecule has 1 aromatic heterocycles. The molecule has 2 amide bonds. The molecule has 5 nitrogen and oxygen atoms in total. The third kappa shape index (κ3) is 3.79.